The summed E-state index contributed by atoms with van der Waals surface area (Å²) in [6, 6.07) is 1.82. The number of benzene rings is 1. The molecular formula is C20H28O4. The number of carbonyl (C=O) groups is 1. The summed E-state index contributed by atoms with van der Waals surface area (Å²) < 4.78 is 5.95. The molecule has 0 fully saturated rings. The van der Waals surface area contributed by atoms with Gasteiger partial charge in [-0.05, 0) is 58.1 Å². The maximum Gasteiger partial charge on any atom is 0.339 e. The second-order valence-electron chi connectivity index (χ2n) is 6.90. The van der Waals surface area contributed by atoms with E-state index in [0.29, 0.717) is 23.3 Å². The number of allylic oxidation sites excluding steroid dienone is 2. The number of phenols is 1. The fraction of sp³-hybridized carbons (Fsp3) is 0.550. The number of aromatic carboxylic acids is 1. The van der Waals surface area contributed by atoms with Crippen LogP contribution in [0.25, 0.3) is 0 Å². The van der Waals surface area contributed by atoms with E-state index in [-0.39, 0.29) is 23.3 Å². The number of ether oxygens (including phenoxy) is 1. The highest BCUT2D eigenvalue weighted by Gasteiger charge is 2.28. The maximum absolute atomic E-state index is 11.7. The normalized spacial score (nSPS) is 17.7. The van der Waals surface area contributed by atoms with Gasteiger partial charge < -0.3 is 14.9 Å². The van der Waals surface area contributed by atoms with Gasteiger partial charge in [0.05, 0.1) is 6.10 Å². The van der Waals surface area contributed by atoms with Gasteiger partial charge >= 0.3 is 5.97 Å². The van der Waals surface area contributed by atoms with E-state index in [4.69, 9.17) is 4.74 Å². The van der Waals surface area contributed by atoms with Crippen molar-refractivity contribution in [1.82, 2.24) is 0 Å². The molecule has 0 heterocycles. The molecule has 0 amide bonds. The molecule has 1 aromatic rings. The van der Waals surface area contributed by atoms with Crippen molar-refractivity contribution < 1.29 is 19.7 Å². The van der Waals surface area contributed by atoms with Crippen LogP contribution in [0.15, 0.2) is 17.7 Å². The quantitative estimate of drug-likeness (QED) is 0.716. The first-order valence-corrected chi connectivity index (χ1v) is 8.81. The Labute approximate surface area is 144 Å². The predicted molar refractivity (Wildman–Crippen MR) is 95.2 cm³/mol. The SMILES string of the molecule is CCCc1cc(OC(C)C)c([C@@H]2C=C(C)CCC2)c(O)c1C(=O)O. The zero-order chi connectivity index (χ0) is 17.9. The molecule has 0 aliphatic heterocycles. The van der Waals surface area contributed by atoms with E-state index in [2.05, 4.69) is 13.0 Å². The molecule has 0 bridgehead atoms. The van der Waals surface area contributed by atoms with E-state index in [1.807, 2.05) is 26.8 Å². The largest absolute Gasteiger partial charge is 0.507 e. The van der Waals surface area contributed by atoms with Crippen molar-refractivity contribution in [2.24, 2.45) is 0 Å². The van der Waals surface area contributed by atoms with Gasteiger partial charge in [-0.3, -0.25) is 0 Å². The molecule has 0 spiro atoms. The van der Waals surface area contributed by atoms with Crippen LogP contribution in [0.3, 0.4) is 0 Å². The van der Waals surface area contributed by atoms with Crippen molar-refractivity contribution in [3.63, 3.8) is 0 Å². The van der Waals surface area contributed by atoms with Gasteiger partial charge in [0, 0.05) is 11.5 Å². The Morgan fingerprint density at radius 1 is 1.42 bits per heavy atom. The van der Waals surface area contributed by atoms with Crippen LogP contribution in [0.5, 0.6) is 11.5 Å². The fourth-order valence-corrected chi connectivity index (χ4v) is 3.47. The summed E-state index contributed by atoms with van der Waals surface area (Å²) in [5.41, 5.74) is 2.56. The third-order valence-corrected chi connectivity index (χ3v) is 4.42. The van der Waals surface area contributed by atoms with E-state index < -0.39 is 5.97 Å². The summed E-state index contributed by atoms with van der Waals surface area (Å²) in [5.74, 6) is -0.585. The van der Waals surface area contributed by atoms with Crippen molar-refractivity contribution in [2.45, 2.75) is 71.8 Å². The van der Waals surface area contributed by atoms with Crippen LogP contribution in [0.2, 0.25) is 0 Å². The Balaban J connectivity index is 2.67. The zero-order valence-corrected chi connectivity index (χ0v) is 15.1. The molecule has 2 N–H and O–H groups in total. The van der Waals surface area contributed by atoms with Crippen molar-refractivity contribution in [3.05, 3.63) is 34.4 Å². The lowest BCUT2D eigenvalue weighted by Gasteiger charge is -2.26. The van der Waals surface area contributed by atoms with Crippen molar-refractivity contribution >= 4 is 5.97 Å². The molecule has 1 aliphatic carbocycles. The molecule has 1 aromatic carbocycles. The van der Waals surface area contributed by atoms with Gasteiger partial charge in [0.2, 0.25) is 0 Å². The Kier molecular flexibility index (Phi) is 5.92. The number of carboxylic acids is 1. The van der Waals surface area contributed by atoms with E-state index in [9.17, 15) is 15.0 Å². The first-order valence-electron chi connectivity index (χ1n) is 8.81. The molecule has 0 radical (unpaired) electrons. The van der Waals surface area contributed by atoms with Crippen LogP contribution >= 0.6 is 0 Å². The summed E-state index contributed by atoms with van der Waals surface area (Å²) >= 11 is 0. The van der Waals surface area contributed by atoms with Crippen LogP contribution in [0.1, 0.15) is 80.8 Å². The maximum atomic E-state index is 11.7. The van der Waals surface area contributed by atoms with Crippen LogP contribution in [-0.4, -0.2) is 22.3 Å². The lowest BCUT2D eigenvalue weighted by atomic mass is 9.83. The van der Waals surface area contributed by atoms with E-state index in [1.165, 1.54) is 5.57 Å². The van der Waals surface area contributed by atoms with Gasteiger partial charge in [-0.1, -0.05) is 25.0 Å². The van der Waals surface area contributed by atoms with Crippen LogP contribution in [-0.2, 0) is 6.42 Å². The third-order valence-electron chi connectivity index (χ3n) is 4.42. The molecule has 4 heteroatoms. The highest BCUT2D eigenvalue weighted by molar-refractivity contribution is 5.94. The minimum atomic E-state index is -1.08. The summed E-state index contributed by atoms with van der Waals surface area (Å²) in [5, 5.41) is 20.4. The lowest BCUT2D eigenvalue weighted by Crippen LogP contribution is -2.14. The third kappa shape index (κ3) is 3.92. The van der Waals surface area contributed by atoms with Gasteiger partial charge in [0.1, 0.15) is 17.1 Å². The van der Waals surface area contributed by atoms with Gasteiger partial charge in [-0.25, -0.2) is 4.79 Å². The minimum absolute atomic E-state index is 0.00118. The molecule has 0 saturated carbocycles. The van der Waals surface area contributed by atoms with Gasteiger partial charge in [0.15, 0.2) is 0 Å². The smallest absolute Gasteiger partial charge is 0.339 e. The number of hydrogen-bond acceptors (Lipinski definition) is 3. The number of carboxylic acid groups (broad SMARTS) is 1. The summed E-state index contributed by atoms with van der Waals surface area (Å²) in [4.78, 5) is 11.7. The lowest BCUT2D eigenvalue weighted by molar-refractivity contribution is 0.0692. The summed E-state index contributed by atoms with van der Waals surface area (Å²) in [7, 11) is 0. The van der Waals surface area contributed by atoms with E-state index in [0.717, 1.165) is 25.7 Å². The first-order chi connectivity index (χ1) is 11.3. The Hall–Kier alpha value is -1.97. The van der Waals surface area contributed by atoms with Gasteiger partial charge in [-0.2, -0.15) is 0 Å². The topological polar surface area (TPSA) is 66.8 Å². The second-order valence-corrected chi connectivity index (χ2v) is 6.90. The molecule has 1 atom stereocenters. The Morgan fingerprint density at radius 2 is 2.12 bits per heavy atom. The molecule has 0 aromatic heterocycles. The highest BCUT2D eigenvalue weighted by Crippen LogP contribution is 2.44. The average Bonchev–Trinajstić information content (AvgIpc) is 2.46. The molecule has 0 unspecified atom stereocenters. The van der Waals surface area contributed by atoms with Crippen LogP contribution < -0.4 is 4.74 Å². The molecule has 4 nitrogen and oxygen atoms in total. The average molecular weight is 332 g/mol. The standard InChI is InChI=1S/C20H28O4/c1-5-7-14-11-16(24-12(2)3)17(19(21)18(14)20(22)23)15-9-6-8-13(4)10-15/h10-12,15,21H,5-9H2,1-4H3,(H,22,23)/t15-/m0/s1. The van der Waals surface area contributed by atoms with E-state index in [1.54, 1.807) is 0 Å². The van der Waals surface area contributed by atoms with Crippen molar-refractivity contribution in [3.8, 4) is 11.5 Å². The number of hydrogen-bond donors (Lipinski definition) is 2. The Bertz CT molecular complexity index is 644. The minimum Gasteiger partial charge on any atom is -0.507 e. The van der Waals surface area contributed by atoms with E-state index >= 15 is 0 Å². The molecule has 0 saturated heterocycles. The summed E-state index contributed by atoms with van der Waals surface area (Å²) in [6.45, 7) is 7.95. The number of rotatable bonds is 6. The zero-order valence-electron chi connectivity index (χ0n) is 15.1. The van der Waals surface area contributed by atoms with Crippen LogP contribution in [0.4, 0.5) is 0 Å². The van der Waals surface area contributed by atoms with Crippen molar-refractivity contribution in [2.75, 3.05) is 0 Å². The Morgan fingerprint density at radius 3 is 2.67 bits per heavy atom. The molecule has 24 heavy (non-hydrogen) atoms. The number of aryl methyl sites for hydroxylation is 1. The summed E-state index contributed by atoms with van der Waals surface area (Å²) in [6.07, 6.45) is 6.49. The fourth-order valence-electron chi connectivity index (χ4n) is 3.47. The first kappa shape index (κ1) is 18.4. The van der Waals surface area contributed by atoms with Crippen molar-refractivity contribution in [1.29, 1.82) is 0 Å². The molecule has 132 valence electrons. The van der Waals surface area contributed by atoms with Gasteiger partial charge in [-0.15, -0.1) is 0 Å². The second kappa shape index (κ2) is 7.73. The molecule has 2 rings (SSSR count). The molecular weight excluding hydrogens is 304 g/mol. The number of aromatic hydroxyl groups is 1. The monoisotopic (exact) mass is 332 g/mol. The molecule has 1 aliphatic rings. The highest BCUT2D eigenvalue weighted by atomic mass is 16.5. The predicted octanol–water partition coefficient (Wildman–Crippen LogP) is 5.04. The van der Waals surface area contributed by atoms with Crippen LogP contribution in [0, 0.1) is 0 Å². The van der Waals surface area contributed by atoms with Gasteiger partial charge in [0.25, 0.3) is 0 Å².